The smallest absolute Gasteiger partial charge is 0.107 e. The van der Waals surface area contributed by atoms with Crippen molar-refractivity contribution >= 4 is 22.9 Å². The summed E-state index contributed by atoms with van der Waals surface area (Å²) < 4.78 is 0. The Bertz CT molecular complexity index is 432. The van der Waals surface area contributed by atoms with E-state index in [2.05, 4.69) is 4.98 Å². The van der Waals surface area contributed by atoms with Gasteiger partial charge >= 0.3 is 0 Å². The first-order valence-electron chi connectivity index (χ1n) is 5.50. The Morgan fingerprint density at radius 1 is 1.59 bits per heavy atom. The van der Waals surface area contributed by atoms with Crippen LogP contribution in [0.5, 0.6) is 0 Å². The van der Waals surface area contributed by atoms with Gasteiger partial charge in [-0.2, -0.15) is 0 Å². The number of thiocarbonyl (C=S) groups is 1. The van der Waals surface area contributed by atoms with E-state index in [0.29, 0.717) is 11.5 Å². The molecule has 3 N–H and O–H groups in total. The number of anilines is 1. The van der Waals surface area contributed by atoms with Gasteiger partial charge in [0.15, 0.2) is 0 Å². The van der Waals surface area contributed by atoms with Gasteiger partial charge in [-0.25, -0.2) is 0 Å². The number of nitrogens with zero attached hydrogens (tertiary/aromatic N) is 2. The van der Waals surface area contributed by atoms with E-state index in [0.717, 1.165) is 22.6 Å². The lowest BCUT2D eigenvalue weighted by molar-refractivity contribution is 0.201. The minimum atomic E-state index is -0.409. The Labute approximate surface area is 107 Å². The van der Waals surface area contributed by atoms with Crippen LogP contribution in [0.2, 0.25) is 0 Å². The molecule has 0 spiro atoms. The Morgan fingerprint density at radius 2 is 2.18 bits per heavy atom. The second kappa shape index (κ2) is 5.42. The van der Waals surface area contributed by atoms with Crippen molar-refractivity contribution in [2.75, 3.05) is 18.5 Å². The van der Waals surface area contributed by atoms with Crippen molar-refractivity contribution in [1.82, 2.24) is 4.98 Å². The number of likely N-dealkylation sites (N-methyl/N-ethyl adjacent to an activating group) is 1. The van der Waals surface area contributed by atoms with Crippen molar-refractivity contribution in [3.8, 4) is 0 Å². The molecule has 0 aliphatic carbocycles. The summed E-state index contributed by atoms with van der Waals surface area (Å²) in [6.07, 6.45) is -0.409. The molecule has 0 aromatic carbocycles. The van der Waals surface area contributed by atoms with Gasteiger partial charge in [0.2, 0.25) is 0 Å². The molecule has 1 heterocycles. The van der Waals surface area contributed by atoms with E-state index >= 15 is 0 Å². The van der Waals surface area contributed by atoms with Crippen LogP contribution in [0.25, 0.3) is 0 Å². The van der Waals surface area contributed by atoms with Crippen LogP contribution in [0, 0.1) is 13.8 Å². The highest BCUT2D eigenvalue weighted by atomic mass is 32.1. The number of hydrogen-bond acceptors (Lipinski definition) is 4. The summed E-state index contributed by atoms with van der Waals surface area (Å²) in [6.45, 7) is 6.09. The first-order chi connectivity index (χ1) is 7.82. The zero-order chi connectivity index (χ0) is 13.2. The van der Waals surface area contributed by atoms with Crippen molar-refractivity contribution in [3.05, 3.63) is 23.0 Å². The monoisotopic (exact) mass is 253 g/mol. The Morgan fingerprint density at radius 3 is 2.65 bits per heavy atom. The Hall–Kier alpha value is -1.20. The van der Waals surface area contributed by atoms with Crippen LogP contribution in [0.15, 0.2) is 6.07 Å². The van der Waals surface area contributed by atoms with Crippen LogP contribution in [0.4, 0.5) is 5.69 Å². The molecule has 5 heteroatoms. The van der Waals surface area contributed by atoms with Gasteiger partial charge in [-0.3, -0.25) is 4.98 Å². The number of hydrogen-bond donors (Lipinski definition) is 2. The van der Waals surface area contributed by atoms with E-state index in [1.807, 2.05) is 31.9 Å². The van der Waals surface area contributed by atoms with Gasteiger partial charge in [0, 0.05) is 25.0 Å². The first kappa shape index (κ1) is 13.9. The maximum atomic E-state index is 9.43. The molecule has 0 amide bonds. The molecule has 0 bridgehead atoms. The number of aromatic nitrogens is 1. The maximum absolute atomic E-state index is 9.43. The number of aryl methyl sites for hydroxylation is 2. The fourth-order valence-electron chi connectivity index (χ4n) is 1.91. The highest BCUT2D eigenvalue weighted by Crippen LogP contribution is 2.23. The third kappa shape index (κ3) is 3.38. The molecular formula is C12H19N3OS. The fraction of sp³-hybridized carbons (Fsp3) is 0.500. The maximum Gasteiger partial charge on any atom is 0.107 e. The molecular weight excluding hydrogens is 234 g/mol. The first-order valence-corrected chi connectivity index (χ1v) is 5.91. The van der Waals surface area contributed by atoms with Crippen LogP contribution in [0.3, 0.4) is 0 Å². The van der Waals surface area contributed by atoms with Crippen LogP contribution >= 0.6 is 12.2 Å². The molecule has 4 nitrogen and oxygen atoms in total. The van der Waals surface area contributed by atoms with E-state index in [1.165, 1.54) is 0 Å². The van der Waals surface area contributed by atoms with Crippen molar-refractivity contribution in [3.63, 3.8) is 0 Å². The number of nitrogens with two attached hydrogens (primary N) is 1. The fourth-order valence-corrected chi connectivity index (χ4v) is 2.16. The molecule has 0 radical (unpaired) electrons. The molecule has 1 aromatic heterocycles. The zero-order valence-corrected chi connectivity index (χ0v) is 11.5. The minimum Gasteiger partial charge on any atom is -0.392 e. The quantitative estimate of drug-likeness (QED) is 0.788. The standard InChI is InChI=1S/C12H19N3OS/c1-7-5-10(15(4)6-8(2)16)11(12(13)17)9(3)14-7/h5,8,16H,6H2,1-4H3,(H2,13,17). The summed E-state index contributed by atoms with van der Waals surface area (Å²) in [5, 5.41) is 9.43. The molecule has 0 saturated heterocycles. The number of aliphatic hydroxyl groups excluding tert-OH is 1. The molecule has 0 saturated carbocycles. The summed E-state index contributed by atoms with van der Waals surface area (Å²) in [5.41, 5.74) is 9.18. The van der Waals surface area contributed by atoms with Gasteiger partial charge in [0.1, 0.15) is 4.99 Å². The van der Waals surface area contributed by atoms with E-state index in [-0.39, 0.29) is 0 Å². The molecule has 1 atom stereocenters. The average Bonchev–Trinajstić information content (AvgIpc) is 2.14. The summed E-state index contributed by atoms with van der Waals surface area (Å²) in [4.78, 5) is 6.64. The Kier molecular flexibility index (Phi) is 4.42. The summed E-state index contributed by atoms with van der Waals surface area (Å²) in [5.74, 6) is 0. The van der Waals surface area contributed by atoms with E-state index in [4.69, 9.17) is 18.0 Å². The van der Waals surface area contributed by atoms with Gasteiger partial charge in [0.25, 0.3) is 0 Å². The molecule has 17 heavy (non-hydrogen) atoms. The van der Waals surface area contributed by atoms with Crippen molar-refractivity contribution in [1.29, 1.82) is 0 Å². The van der Waals surface area contributed by atoms with Crippen molar-refractivity contribution in [2.24, 2.45) is 5.73 Å². The third-order valence-corrected chi connectivity index (χ3v) is 2.71. The van der Waals surface area contributed by atoms with Crippen molar-refractivity contribution < 1.29 is 5.11 Å². The normalized spacial score (nSPS) is 12.3. The van der Waals surface area contributed by atoms with Gasteiger partial charge in [-0.1, -0.05) is 12.2 Å². The zero-order valence-electron chi connectivity index (χ0n) is 10.7. The summed E-state index contributed by atoms with van der Waals surface area (Å²) in [7, 11) is 1.91. The third-order valence-electron chi connectivity index (χ3n) is 2.50. The predicted molar refractivity (Wildman–Crippen MR) is 74.5 cm³/mol. The average molecular weight is 253 g/mol. The van der Waals surface area contributed by atoms with Crippen LogP contribution in [-0.4, -0.2) is 34.8 Å². The van der Waals surface area contributed by atoms with Gasteiger partial charge < -0.3 is 15.7 Å². The van der Waals surface area contributed by atoms with Crippen molar-refractivity contribution in [2.45, 2.75) is 26.9 Å². The molecule has 0 fully saturated rings. The number of aliphatic hydroxyl groups is 1. The largest absolute Gasteiger partial charge is 0.392 e. The van der Waals surface area contributed by atoms with Crippen LogP contribution in [-0.2, 0) is 0 Å². The number of pyridine rings is 1. The lowest BCUT2D eigenvalue weighted by Gasteiger charge is -2.24. The van der Waals surface area contributed by atoms with E-state index in [1.54, 1.807) is 6.92 Å². The van der Waals surface area contributed by atoms with Crippen LogP contribution in [0.1, 0.15) is 23.9 Å². The SMILES string of the molecule is Cc1cc(N(C)CC(C)O)c(C(N)=S)c(C)n1. The number of rotatable bonds is 4. The van der Waals surface area contributed by atoms with Crippen LogP contribution < -0.4 is 10.6 Å². The summed E-state index contributed by atoms with van der Waals surface area (Å²) in [6, 6.07) is 1.93. The second-order valence-electron chi connectivity index (χ2n) is 4.34. The molecule has 0 aliphatic rings. The lowest BCUT2D eigenvalue weighted by Crippen LogP contribution is -2.29. The highest BCUT2D eigenvalue weighted by molar-refractivity contribution is 7.80. The lowest BCUT2D eigenvalue weighted by atomic mass is 10.1. The van der Waals surface area contributed by atoms with Gasteiger partial charge in [-0.05, 0) is 26.8 Å². The molecule has 1 aromatic rings. The topological polar surface area (TPSA) is 62.4 Å². The van der Waals surface area contributed by atoms with E-state index in [9.17, 15) is 5.11 Å². The second-order valence-corrected chi connectivity index (χ2v) is 4.78. The molecule has 94 valence electrons. The molecule has 1 unspecified atom stereocenters. The highest BCUT2D eigenvalue weighted by Gasteiger charge is 2.15. The minimum absolute atomic E-state index is 0.336. The molecule has 1 rings (SSSR count). The van der Waals surface area contributed by atoms with Gasteiger partial charge in [0.05, 0.1) is 17.4 Å². The predicted octanol–water partition coefficient (Wildman–Crippen LogP) is 1.15. The van der Waals surface area contributed by atoms with E-state index < -0.39 is 6.10 Å². The van der Waals surface area contributed by atoms with Gasteiger partial charge in [-0.15, -0.1) is 0 Å². The molecule has 0 aliphatic heterocycles. The summed E-state index contributed by atoms with van der Waals surface area (Å²) >= 11 is 5.06. The Balaban J connectivity index is 3.25.